The Hall–Kier alpha value is -4.03. The first kappa shape index (κ1) is 19.9. The highest BCUT2D eigenvalue weighted by Crippen LogP contribution is 2.25. The van der Waals surface area contributed by atoms with Crippen molar-refractivity contribution >= 4 is 16.7 Å². The summed E-state index contributed by atoms with van der Waals surface area (Å²) in [7, 11) is 0. The summed E-state index contributed by atoms with van der Waals surface area (Å²) in [5.41, 5.74) is 5.67. The van der Waals surface area contributed by atoms with E-state index in [-0.39, 0.29) is 5.78 Å². The molecule has 0 fully saturated rings. The number of aromatic nitrogens is 4. The molecule has 0 aliphatic rings. The van der Waals surface area contributed by atoms with Crippen molar-refractivity contribution in [2.24, 2.45) is 0 Å². The standard InChI is InChI=1S/C26H23N5O/c32-26(22-16-28-23-9-5-4-8-21(22)23)25(20-6-2-1-3-7-20)27-15-14-18-10-12-19(13-11-18)24-17-29-31-30-24/h1-13,16-17,25,27-28H,14-15H2,(H,29,30,31). The van der Waals surface area contributed by atoms with Crippen molar-refractivity contribution in [3.05, 3.63) is 108 Å². The maximum Gasteiger partial charge on any atom is 0.186 e. The fraction of sp³-hybridized carbons (Fsp3) is 0.115. The molecule has 3 aromatic carbocycles. The average Bonchev–Trinajstić information content (AvgIpc) is 3.53. The average molecular weight is 422 g/mol. The van der Waals surface area contributed by atoms with Gasteiger partial charge in [0.1, 0.15) is 5.69 Å². The summed E-state index contributed by atoms with van der Waals surface area (Å²) < 4.78 is 0. The lowest BCUT2D eigenvalue weighted by Gasteiger charge is -2.18. The highest BCUT2D eigenvalue weighted by atomic mass is 16.1. The van der Waals surface area contributed by atoms with Crippen LogP contribution in [0, 0.1) is 0 Å². The molecule has 2 aromatic heterocycles. The number of ketones is 1. The van der Waals surface area contributed by atoms with Crippen molar-refractivity contribution in [3.63, 3.8) is 0 Å². The number of Topliss-reactive ketones (excluding diaryl/α,β-unsaturated/α-hetero) is 1. The zero-order chi connectivity index (χ0) is 21.8. The van der Waals surface area contributed by atoms with E-state index in [1.165, 1.54) is 5.56 Å². The van der Waals surface area contributed by atoms with E-state index in [1.54, 1.807) is 6.20 Å². The molecule has 0 radical (unpaired) electrons. The van der Waals surface area contributed by atoms with Gasteiger partial charge in [-0.05, 0) is 23.6 Å². The molecule has 0 aliphatic carbocycles. The lowest BCUT2D eigenvalue weighted by molar-refractivity contribution is 0.0945. The predicted molar refractivity (Wildman–Crippen MR) is 125 cm³/mol. The molecule has 6 nitrogen and oxygen atoms in total. The lowest BCUT2D eigenvalue weighted by Crippen LogP contribution is -2.30. The van der Waals surface area contributed by atoms with Gasteiger partial charge < -0.3 is 10.3 Å². The first-order valence-corrected chi connectivity index (χ1v) is 10.6. The number of carbonyl (C=O) groups is 1. The number of rotatable bonds is 8. The molecule has 0 bridgehead atoms. The van der Waals surface area contributed by atoms with Gasteiger partial charge in [0.15, 0.2) is 5.78 Å². The number of carbonyl (C=O) groups excluding carboxylic acids is 1. The molecule has 0 aliphatic heterocycles. The van der Waals surface area contributed by atoms with Gasteiger partial charge in [-0.2, -0.15) is 0 Å². The topological polar surface area (TPSA) is 86.5 Å². The molecule has 1 unspecified atom stereocenters. The van der Waals surface area contributed by atoms with Crippen LogP contribution < -0.4 is 5.32 Å². The van der Waals surface area contributed by atoms with Crippen molar-refractivity contribution in [1.29, 1.82) is 0 Å². The molecule has 32 heavy (non-hydrogen) atoms. The second-order valence-electron chi connectivity index (χ2n) is 7.72. The van der Waals surface area contributed by atoms with E-state index in [0.29, 0.717) is 12.1 Å². The Kier molecular flexibility index (Phi) is 5.59. The Morgan fingerprint density at radius 2 is 1.69 bits per heavy atom. The quantitative estimate of drug-likeness (QED) is 0.317. The van der Waals surface area contributed by atoms with Gasteiger partial charge >= 0.3 is 0 Å². The van der Waals surface area contributed by atoms with Gasteiger partial charge in [-0.3, -0.25) is 9.89 Å². The van der Waals surface area contributed by atoms with Crippen molar-refractivity contribution in [3.8, 4) is 11.3 Å². The molecule has 5 aromatic rings. The minimum atomic E-state index is -0.412. The van der Waals surface area contributed by atoms with Crippen molar-refractivity contribution in [2.45, 2.75) is 12.5 Å². The van der Waals surface area contributed by atoms with Crippen LogP contribution in [0.5, 0.6) is 0 Å². The van der Waals surface area contributed by atoms with Crippen molar-refractivity contribution < 1.29 is 4.79 Å². The lowest BCUT2D eigenvalue weighted by atomic mass is 9.96. The number of hydrogen-bond acceptors (Lipinski definition) is 4. The van der Waals surface area contributed by atoms with Crippen LogP contribution in [-0.4, -0.2) is 32.7 Å². The van der Waals surface area contributed by atoms with E-state index in [1.807, 2.05) is 72.9 Å². The summed E-state index contributed by atoms with van der Waals surface area (Å²) in [5, 5.41) is 15.0. The van der Waals surface area contributed by atoms with Gasteiger partial charge in [-0.25, -0.2) is 0 Å². The summed E-state index contributed by atoms with van der Waals surface area (Å²) in [4.78, 5) is 16.8. The second-order valence-corrected chi connectivity index (χ2v) is 7.72. The van der Waals surface area contributed by atoms with Crippen LogP contribution in [-0.2, 0) is 6.42 Å². The van der Waals surface area contributed by atoms with Gasteiger partial charge in [0.05, 0.1) is 6.04 Å². The van der Waals surface area contributed by atoms with Crippen LogP contribution in [0.3, 0.4) is 0 Å². The largest absolute Gasteiger partial charge is 0.360 e. The van der Waals surface area contributed by atoms with Gasteiger partial charge in [-0.15, -0.1) is 5.10 Å². The molecule has 1 atom stereocenters. The number of hydrogen-bond donors (Lipinski definition) is 3. The van der Waals surface area contributed by atoms with Crippen LogP contribution in [0.25, 0.3) is 22.2 Å². The fourth-order valence-electron chi connectivity index (χ4n) is 3.98. The van der Waals surface area contributed by atoms with E-state index < -0.39 is 6.04 Å². The molecule has 158 valence electrons. The van der Waals surface area contributed by atoms with Crippen molar-refractivity contribution in [1.82, 2.24) is 25.7 Å². The smallest absolute Gasteiger partial charge is 0.186 e. The van der Waals surface area contributed by atoms with E-state index >= 15 is 0 Å². The molecule has 0 amide bonds. The minimum absolute atomic E-state index is 0.0648. The number of fused-ring (bicyclic) bond motifs is 1. The van der Waals surface area contributed by atoms with Crippen molar-refractivity contribution in [2.75, 3.05) is 6.54 Å². The summed E-state index contributed by atoms with van der Waals surface area (Å²) in [5.74, 6) is 0.0648. The van der Waals surface area contributed by atoms with Gasteiger partial charge in [0, 0.05) is 41.0 Å². The molecule has 6 heteroatoms. The number of H-pyrrole nitrogens is 2. The summed E-state index contributed by atoms with van der Waals surface area (Å²) in [6.45, 7) is 0.678. The van der Waals surface area contributed by atoms with Gasteiger partial charge in [-0.1, -0.05) is 78.0 Å². The SMILES string of the molecule is O=C(c1c[nH]c2ccccc12)C(NCCc1ccc(-c2c[nH]nn2)cc1)c1ccccc1. The highest BCUT2D eigenvalue weighted by Gasteiger charge is 2.23. The number of para-hydroxylation sites is 1. The Morgan fingerprint density at radius 1 is 0.906 bits per heavy atom. The fourth-order valence-corrected chi connectivity index (χ4v) is 3.98. The first-order valence-electron chi connectivity index (χ1n) is 10.6. The Labute approximate surface area is 185 Å². The number of nitrogens with one attached hydrogen (secondary N) is 3. The Bertz CT molecular complexity index is 1310. The molecule has 0 spiro atoms. The van der Waals surface area contributed by atoms with E-state index in [4.69, 9.17) is 0 Å². The minimum Gasteiger partial charge on any atom is -0.360 e. The zero-order valence-electron chi connectivity index (χ0n) is 17.5. The number of nitrogens with zero attached hydrogens (tertiary/aromatic N) is 2. The summed E-state index contributed by atoms with van der Waals surface area (Å²) >= 11 is 0. The third kappa shape index (κ3) is 4.08. The summed E-state index contributed by atoms with van der Waals surface area (Å²) in [6, 6.07) is 25.6. The van der Waals surface area contributed by atoms with E-state index in [2.05, 4.69) is 37.8 Å². The number of aromatic amines is 2. The van der Waals surface area contributed by atoms with Crippen LogP contribution in [0.2, 0.25) is 0 Å². The highest BCUT2D eigenvalue weighted by molar-refractivity contribution is 6.10. The predicted octanol–water partition coefficient (Wildman–Crippen LogP) is 4.71. The molecule has 0 saturated heterocycles. The third-order valence-electron chi connectivity index (χ3n) is 5.68. The van der Waals surface area contributed by atoms with E-state index in [0.717, 1.165) is 34.1 Å². The van der Waals surface area contributed by atoms with Crippen LogP contribution in [0.1, 0.15) is 27.5 Å². The summed E-state index contributed by atoms with van der Waals surface area (Å²) in [6.07, 6.45) is 4.40. The molecule has 3 N–H and O–H groups in total. The number of benzene rings is 3. The zero-order valence-corrected chi connectivity index (χ0v) is 17.5. The molecule has 2 heterocycles. The molecular weight excluding hydrogens is 398 g/mol. The van der Waals surface area contributed by atoms with E-state index in [9.17, 15) is 4.79 Å². The third-order valence-corrected chi connectivity index (χ3v) is 5.68. The Balaban J connectivity index is 1.32. The normalized spacial score (nSPS) is 12.1. The molecule has 5 rings (SSSR count). The van der Waals surface area contributed by atoms with Crippen LogP contribution in [0.15, 0.2) is 91.3 Å². The van der Waals surface area contributed by atoms with Crippen LogP contribution in [0.4, 0.5) is 0 Å². The second kappa shape index (κ2) is 8.99. The molecule has 0 saturated carbocycles. The van der Waals surface area contributed by atoms with Crippen LogP contribution >= 0.6 is 0 Å². The van der Waals surface area contributed by atoms with Gasteiger partial charge in [0.25, 0.3) is 0 Å². The maximum absolute atomic E-state index is 13.5. The Morgan fingerprint density at radius 3 is 2.47 bits per heavy atom. The monoisotopic (exact) mass is 421 g/mol. The first-order chi connectivity index (χ1) is 15.8. The molecular formula is C26H23N5O. The van der Waals surface area contributed by atoms with Gasteiger partial charge in [0.2, 0.25) is 0 Å². The maximum atomic E-state index is 13.5.